The van der Waals surface area contributed by atoms with Gasteiger partial charge in [0.15, 0.2) is 0 Å². The van der Waals surface area contributed by atoms with Crippen LogP contribution in [0.5, 0.6) is 0 Å². The highest BCUT2D eigenvalue weighted by Crippen LogP contribution is 2.24. The molecule has 21 heavy (non-hydrogen) atoms. The van der Waals surface area contributed by atoms with Gasteiger partial charge in [0.2, 0.25) is 5.91 Å². The van der Waals surface area contributed by atoms with E-state index in [9.17, 15) is 4.79 Å². The van der Waals surface area contributed by atoms with Gasteiger partial charge in [0.1, 0.15) is 0 Å². The third-order valence-corrected chi connectivity index (χ3v) is 4.10. The Morgan fingerprint density at radius 2 is 1.90 bits per heavy atom. The Morgan fingerprint density at radius 3 is 2.38 bits per heavy atom. The van der Waals surface area contributed by atoms with E-state index < -0.39 is 0 Å². The van der Waals surface area contributed by atoms with Crippen molar-refractivity contribution in [3.05, 3.63) is 35.4 Å². The van der Waals surface area contributed by atoms with E-state index in [1.165, 1.54) is 5.56 Å². The Kier molecular flexibility index (Phi) is 4.69. The summed E-state index contributed by atoms with van der Waals surface area (Å²) in [5, 5.41) is 3.03. The van der Waals surface area contributed by atoms with Gasteiger partial charge in [-0.2, -0.15) is 0 Å². The van der Waals surface area contributed by atoms with E-state index in [-0.39, 0.29) is 29.3 Å². The van der Waals surface area contributed by atoms with Crippen LogP contribution < -0.4 is 11.1 Å². The zero-order chi connectivity index (χ0) is 15.6. The van der Waals surface area contributed by atoms with Crippen LogP contribution in [0.15, 0.2) is 24.3 Å². The molecule has 1 saturated heterocycles. The van der Waals surface area contributed by atoms with Gasteiger partial charge < -0.3 is 15.8 Å². The van der Waals surface area contributed by atoms with E-state index in [0.29, 0.717) is 13.2 Å². The van der Waals surface area contributed by atoms with E-state index in [0.717, 1.165) is 5.56 Å². The van der Waals surface area contributed by atoms with Crippen molar-refractivity contribution in [1.29, 1.82) is 0 Å². The van der Waals surface area contributed by atoms with E-state index in [2.05, 4.69) is 50.4 Å². The number of rotatable bonds is 3. The number of amides is 1. The van der Waals surface area contributed by atoms with Crippen molar-refractivity contribution in [2.45, 2.75) is 45.2 Å². The van der Waals surface area contributed by atoms with Crippen LogP contribution in [-0.4, -0.2) is 25.2 Å². The fraction of sp³-hybridized carbons (Fsp3) is 0.588. The van der Waals surface area contributed by atoms with Gasteiger partial charge in [-0.05, 0) is 23.5 Å². The SMILES string of the molecule is CC(NC(=O)C1COCC1N)c1ccc(C(C)(C)C)cc1. The molecule has 0 aliphatic carbocycles. The average molecular weight is 290 g/mol. The maximum absolute atomic E-state index is 12.2. The van der Waals surface area contributed by atoms with Crippen LogP contribution in [0.25, 0.3) is 0 Å². The third-order valence-electron chi connectivity index (χ3n) is 4.10. The van der Waals surface area contributed by atoms with Gasteiger partial charge in [-0.3, -0.25) is 4.79 Å². The molecule has 0 radical (unpaired) electrons. The number of hydrogen-bond acceptors (Lipinski definition) is 3. The summed E-state index contributed by atoms with van der Waals surface area (Å²) in [6.45, 7) is 9.44. The van der Waals surface area contributed by atoms with Crippen LogP contribution in [0.4, 0.5) is 0 Å². The molecule has 0 saturated carbocycles. The van der Waals surface area contributed by atoms with Crippen molar-refractivity contribution >= 4 is 5.91 Å². The molecule has 2 rings (SSSR count). The summed E-state index contributed by atoms with van der Waals surface area (Å²) < 4.78 is 5.25. The minimum atomic E-state index is -0.235. The number of ether oxygens (including phenoxy) is 1. The summed E-state index contributed by atoms with van der Waals surface area (Å²) in [5.41, 5.74) is 8.40. The topological polar surface area (TPSA) is 64.3 Å². The number of nitrogens with one attached hydrogen (secondary N) is 1. The molecule has 1 aliphatic rings. The molecule has 3 unspecified atom stereocenters. The van der Waals surface area contributed by atoms with Crippen molar-refractivity contribution in [3.63, 3.8) is 0 Å². The highest BCUT2D eigenvalue weighted by Gasteiger charge is 2.32. The third kappa shape index (κ3) is 3.83. The lowest BCUT2D eigenvalue weighted by Crippen LogP contribution is -2.41. The van der Waals surface area contributed by atoms with Crippen LogP contribution in [0, 0.1) is 5.92 Å². The lowest BCUT2D eigenvalue weighted by Gasteiger charge is -2.22. The maximum Gasteiger partial charge on any atom is 0.227 e. The van der Waals surface area contributed by atoms with E-state index in [1.807, 2.05) is 6.92 Å². The fourth-order valence-electron chi connectivity index (χ4n) is 2.52. The van der Waals surface area contributed by atoms with E-state index in [1.54, 1.807) is 0 Å². The molecule has 116 valence electrons. The minimum absolute atomic E-state index is 0.0209. The zero-order valence-electron chi connectivity index (χ0n) is 13.3. The molecule has 3 N–H and O–H groups in total. The van der Waals surface area contributed by atoms with Gasteiger partial charge in [0, 0.05) is 6.04 Å². The molecule has 1 aromatic carbocycles. The number of benzene rings is 1. The van der Waals surface area contributed by atoms with E-state index in [4.69, 9.17) is 10.5 Å². The Bertz CT molecular complexity index is 491. The van der Waals surface area contributed by atoms with Gasteiger partial charge in [-0.1, -0.05) is 45.0 Å². The second-order valence-electron chi connectivity index (χ2n) is 6.91. The van der Waals surface area contributed by atoms with Crippen LogP contribution in [0.2, 0.25) is 0 Å². The number of carbonyl (C=O) groups excluding carboxylic acids is 1. The largest absolute Gasteiger partial charge is 0.379 e. The van der Waals surface area contributed by atoms with Crippen LogP contribution in [0.3, 0.4) is 0 Å². The van der Waals surface area contributed by atoms with Gasteiger partial charge in [-0.15, -0.1) is 0 Å². The molecule has 0 spiro atoms. The monoisotopic (exact) mass is 290 g/mol. The highest BCUT2D eigenvalue weighted by molar-refractivity contribution is 5.80. The molecule has 1 aliphatic heterocycles. The standard InChI is InChI=1S/C17H26N2O2/c1-11(19-16(20)14-9-21-10-15(14)18)12-5-7-13(8-6-12)17(2,3)4/h5-8,11,14-15H,9-10,18H2,1-4H3,(H,19,20). The Labute approximate surface area is 127 Å². The molecule has 1 aromatic rings. The zero-order valence-corrected chi connectivity index (χ0v) is 13.3. The summed E-state index contributed by atoms with van der Waals surface area (Å²) >= 11 is 0. The summed E-state index contributed by atoms with van der Waals surface area (Å²) in [6, 6.07) is 8.19. The minimum Gasteiger partial charge on any atom is -0.379 e. The molecule has 4 heteroatoms. The highest BCUT2D eigenvalue weighted by atomic mass is 16.5. The molecule has 1 heterocycles. The van der Waals surface area contributed by atoms with Crippen LogP contribution >= 0.6 is 0 Å². The van der Waals surface area contributed by atoms with Crippen LogP contribution in [0.1, 0.15) is 44.9 Å². The molecule has 3 atom stereocenters. The molecule has 1 fully saturated rings. The van der Waals surface area contributed by atoms with Crippen molar-refractivity contribution in [2.24, 2.45) is 11.7 Å². The molecule has 4 nitrogen and oxygen atoms in total. The predicted octanol–water partition coefficient (Wildman–Crippen LogP) is 2.13. The quantitative estimate of drug-likeness (QED) is 0.896. The van der Waals surface area contributed by atoms with Gasteiger partial charge >= 0.3 is 0 Å². The summed E-state index contributed by atoms with van der Waals surface area (Å²) in [4.78, 5) is 12.2. The first-order valence-electron chi connectivity index (χ1n) is 7.53. The first-order chi connectivity index (χ1) is 9.79. The average Bonchev–Trinajstić information content (AvgIpc) is 2.84. The summed E-state index contributed by atoms with van der Waals surface area (Å²) in [7, 11) is 0. The lowest BCUT2D eigenvalue weighted by atomic mass is 9.86. The predicted molar refractivity (Wildman–Crippen MR) is 84.0 cm³/mol. The van der Waals surface area contributed by atoms with Gasteiger partial charge in [0.25, 0.3) is 0 Å². The van der Waals surface area contributed by atoms with Crippen molar-refractivity contribution in [3.8, 4) is 0 Å². The Morgan fingerprint density at radius 1 is 1.29 bits per heavy atom. The van der Waals surface area contributed by atoms with Crippen molar-refractivity contribution in [2.75, 3.05) is 13.2 Å². The molecule has 1 amide bonds. The first kappa shape index (κ1) is 16.0. The second-order valence-corrected chi connectivity index (χ2v) is 6.91. The van der Waals surface area contributed by atoms with Gasteiger partial charge in [-0.25, -0.2) is 0 Å². The molecular formula is C17H26N2O2. The maximum atomic E-state index is 12.2. The smallest absolute Gasteiger partial charge is 0.227 e. The van der Waals surface area contributed by atoms with Crippen LogP contribution in [-0.2, 0) is 14.9 Å². The van der Waals surface area contributed by atoms with Gasteiger partial charge in [0.05, 0.1) is 25.2 Å². The Balaban J connectivity index is 2.00. The number of hydrogen-bond donors (Lipinski definition) is 2. The summed E-state index contributed by atoms with van der Waals surface area (Å²) in [6.07, 6.45) is 0. The van der Waals surface area contributed by atoms with Crippen molar-refractivity contribution < 1.29 is 9.53 Å². The first-order valence-corrected chi connectivity index (χ1v) is 7.53. The summed E-state index contributed by atoms with van der Waals surface area (Å²) in [5.74, 6) is -0.256. The lowest BCUT2D eigenvalue weighted by molar-refractivity contribution is -0.125. The molecular weight excluding hydrogens is 264 g/mol. The number of carbonyl (C=O) groups is 1. The fourth-order valence-corrected chi connectivity index (χ4v) is 2.52. The Hall–Kier alpha value is -1.39. The van der Waals surface area contributed by atoms with Crippen molar-refractivity contribution in [1.82, 2.24) is 5.32 Å². The molecule has 0 aromatic heterocycles. The molecule has 0 bridgehead atoms. The second kappa shape index (κ2) is 6.16. The normalized spacial score (nSPS) is 23.9. The van der Waals surface area contributed by atoms with E-state index >= 15 is 0 Å². The number of nitrogens with two attached hydrogens (primary N) is 1.